The molecule has 0 aliphatic carbocycles. The molecule has 1 aliphatic rings. The van der Waals surface area contributed by atoms with E-state index in [9.17, 15) is 8.42 Å². The van der Waals surface area contributed by atoms with Gasteiger partial charge in [-0.25, -0.2) is 18.4 Å². The summed E-state index contributed by atoms with van der Waals surface area (Å²) in [5.41, 5.74) is 4.00. The van der Waals surface area contributed by atoms with Gasteiger partial charge in [0.2, 0.25) is 0 Å². The number of rotatable bonds is 10. The van der Waals surface area contributed by atoms with Crippen LogP contribution in [-0.4, -0.2) is 61.1 Å². The maximum atomic E-state index is 12.6. The van der Waals surface area contributed by atoms with Gasteiger partial charge in [0.05, 0.1) is 10.6 Å². The molecule has 3 aromatic carbocycles. The molecule has 4 aromatic rings. The first kappa shape index (κ1) is 29.5. The van der Waals surface area contributed by atoms with Crippen molar-refractivity contribution in [3.8, 4) is 17.0 Å². The monoisotopic (exact) mass is 575 g/mol. The maximum Gasteiger partial charge on any atom is 0.290 e. The molecule has 2 heterocycles. The Morgan fingerprint density at radius 3 is 2.22 bits per heavy atom. The molecular formula is C30H33N5O5S. The first-order valence-corrected chi connectivity index (χ1v) is 14.7. The fourth-order valence-electron chi connectivity index (χ4n) is 4.31. The number of nitrogens with zero attached hydrogens (tertiary/aromatic N) is 3. The minimum atomic E-state index is -3.65. The highest BCUT2D eigenvalue weighted by molar-refractivity contribution is 7.92. The summed E-state index contributed by atoms with van der Waals surface area (Å²) in [4.78, 5) is 19.7. The van der Waals surface area contributed by atoms with E-state index in [0.717, 1.165) is 34.8 Å². The van der Waals surface area contributed by atoms with Crippen molar-refractivity contribution in [2.45, 2.75) is 24.7 Å². The van der Waals surface area contributed by atoms with Crippen LogP contribution in [0.3, 0.4) is 0 Å². The zero-order chi connectivity index (χ0) is 29.1. The number of aromatic nitrogens is 2. The fourth-order valence-corrected chi connectivity index (χ4v) is 5.36. The topological polar surface area (TPSA) is 134 Å². The zero-order valence-electron chi connectivity index (χ0n) is 22.7. The van der Waals surface area contributed by atoms with E-state index < -0.39 is 10.0 Å². The van der Waals surface area contributed by atoms with Gasteiger partial charge in [-0.05, 0) is 93.5 Å². The van der Waals surface area contributed by atoms with Gasteiger partial charge in [0.1, 0.15) is 24.5 Å². The highest BCUT2D eigenvalue weighted by atomic mass is 32.2. The Morgan fingerprint density at radius 1 is 0.927 bits per heavy atom. The lowest BCUT2D eigenvalue weighted by Crippen LogP contribution is -2.25. The van der Waals surface area contributed by atoms with Crippen molar-refractivity contribution in [3.63, 3.8) is 0 Å². The minimum absolute atomic E-state index is 0.223. The standard InChI is InChI=1S/C29H31N5O3S.CH2O2/c1-22-4-14-27(15-5-22)38(35,36)33-25-10-8-24(9-11-25)32-29-20-28(30-21-31-29)23-6-12-26(13-7-23)37-19-18-34-16-2-3-17-34;2-1-3/h4-15,20-21,33H,2-3,16-19H2,1H3,(H,30,31,32);1H,(H,2,3). The van der Waals surface area contributed by atoms with E-state index >= 15 is 0 Å². The lowest BCUT2D eigenvalue weighted by molar-refractivity contribution is -0.122. The molecule has 41 heavy (non-hydrogen) atoms. The van der Waals surface area contributed by atoms with Gasteiger partial charge in [-0.3, -0.25) is 14.4 Å². The average molecular weight is 576 g/mol. The van der Waals surface area contributed by atoms with Crippen molar-refractivity contribution in [2.75, 3.05) is 36.3 Å². The Morgan fingerprint density at radius 2 is 1.56 bits per heavy atom. The van der Waals surface area contributed by atoms with Crippen LogP contribution in [0.4, 0.5) is 17.2 Å². The van der Waals surface area contributed by atoms with Gasteiger partial charge in [0.15, 0.2) is 0 Å². The number of anilines is 3. The van der Waals surface area contributed by atoms with Crippen molar-refractivity contribution >= 4 is 33.7 Å². The number of carbonyl (C=O) groups is 1. The van der Waals surface area contributed by atoms with E-state index in [0.29, 0.717) is 18.1 Å². The molecule has 0 bridgehead atoms. The third kappa shape index (κ3) is 8.75. The molecule has 1 saturated heterocycles. The Bertz CT molecular complexity index is 1510. The van der Waals surface area contributed by atoms with E-state index in [4.69, 9.17) is 14.6 Å². The largest absolute Gasteiger partial charge is 0.492 e. The lowest BCUT2D eigenvalue weighted by Gasteiger charge is -2.15. The average Bonchev–Trinajstić information content (AvgIpc) is 3.49. The van der Waals surface area contributed by atoms with Gasteiger partial charge >= 0.3 is 0 Å². The second-order valence-electron chi connectivity index (χ2n) is 9.44. The van der Waals surface area contributed by atoms with Crippen LogP contribution in [0, 0.1) is 6.92 Å². The van der Waals surface area contributed by atoms with Crippen LogP contribution in [0.25, 0.3) is 11.3 Å². The summed E-state index contributed by atoms with van der Waals surface area (Å²) in [6.45, 7) is 5.65. The molecule has 10 nitrogen and oxygen atoms in total. The first-order chi connectivity index (χ1) is 19.9. The Hall–Kier alpha value is -4.48. The fraction of sp³-hybridized carbons (Fsp3) is 0.233. The molecule has 0 spiro atoms. The van der Waals surface area contributed by atoms with Gasteiger partial charge in [0, 0.05) is 29.5 Å². The van der Waals surface area contributed by atoms with Gasteiger partial charge in [0.25, 0.3) is 16.5 Å². The molecular weight excluding hydrogens is 542 g/mol. The number of hydrogen-bond donors (Lipinski definition) is 3. The second kappa shape index (κ2) is 14.2. The number of ether oxygens (including phenoxy) is 1. The lowest BCUT2D eigenvalue weighted by atomic mass is 10.1. The third-order valence-corrected chi connectivity index (χ3v) is 7.83. The molecule has 11 heteroatoms. The molecule has 1 aliphatic heterocycles. The van der Waals surface area contributed by atoms with Crippen molar-refractivity contribution in [1.82, 2.24) is 14.9 Å². The van der Waals surface area contributed by atoms with Crippen molar-refractivity contribution in [3.05, 3.63) is 90.8 Å². The smallest absolute Gasteiger partial charge is 0.290 e. The Balaban J connectivity index is 0.00000124. The van der Waals surface area contributed by atoms with E-state index in [2.05, 4.69) is 24.9 Å². The van der Waals surface area contributed by atoms with E-state index in [1.165, 1.54) is 32.3 Å². The van der Waals surface area contributed by atoms with E-state index in [1.807, 2.05) is 37.3 Å². The van der Waals surface area contributed by atoms with Crippen LogP contribution in [-0.2, 0) is 14.8 Å². The molecule has 0 unspecified atom stereocenters. The zero-order valence-corrected chi connectivity index (χ0v) is 23.5. The third-order valence-electron chi connectivity index (χ3n) is 6.43. The SMILES string of the molecule is Cc1ccc(S(=O)(=O)Nc2ccc(Nc3cc(-c4ccc(OCCN5CCCC5)cc4)ncn3)cc2)cc1.O=CO. The molecule has 214 valence electrons. The van der Waals surface area contributed by atoms with E-state index in [-0.39, 0.29) is 11.4 Å². The van der Waals surface area contributed by atoms with Gasteiger partial charge in [-0.1, -0.05) is 17.7 Å². The Kier molecular flexibility index (Phi) is 10.2. The summed E-state index contributed by atoms with van der Waals surface area (Å²) in [5, 5.41) is 10.1. The maximum absolute atomic E-state index is 12.6. The Labute approximate surface area is 240 Å². The quantitative estimate of drug-likeness (QED) is 0.219. The molecule has 0 amide bonds. The van der Waals surface area contributed by atoms with Crippen LogP contribution in [0.15, 0.2) is 90.1 Å². The van der Waals surface area contributed by atoms with Gasteiger partial charge < -0.3 is 15.2 Å². The summed E-state index contributed by atoms with van der Waals surface area (Å²) in [6.07, 6.45) is 4.08. The van der Waals surface area contributed by atoms with Crippen LogP contribution in [0.1, 0.15) is 18.4 Å². The molecule has 1 fully saturated rings. The van der Waals surface area contributed by atoms with Crippen LogP contribution in [0.5, 0.6) is 5.75 Å². The molecule has 0 atom stereocenters. The molecule has 3 N–H and O–H groups in total. The minimum Gasteiger partial charge on any atom is -0.492 e. The normalized spacial score (nSPS) is 13.1. The number of nitrogens with one attached hydrogen (secondary N) is 2. The van der Waals surface area contributed by atoms with Gasteiger partial charge in [-0.2, -0.15) is 0 Å². The highest BCUT2D eigenvalue weighted by Crippen LogP contribution is 2.25. The summed E-state index contributed by atoms with van der Waals surface area (Å²) in [5.74, 6) is 1.48. The molecule has 1 aromatic heterocycles. The number of benzene rings is 3. The number of likely N-dealkylation sites (tertiary alicyclic amines) is 1. The predicted molar refractivity (Wildman–Crippen MR) is 159 cm³/mol. The summed E-state index contributed by atoms with van der Waals surface area (Å²) < 4.78 is 33.8. The number of hydrogen-bond acceptors (Lipinski definition) is 8. The summed E-state index contributed by atoms with van der Waals surface area (Å²) in [6, 6.07) is 23.5. The van der Waals surface area contributed by atoms with Gasteiger partial charge in [-0.15, -0.1) is 0 Å². The van der Waals surface area contributed by atoms with Crippen LogP contribution < -0.4 is 14.8 Å². The first-order valence-electron chi connectivity index (χ1n) is 13.2. The van der Waals surface area contributed by atoms with Crippen LogP contribution in [0.2, 0.25) is 0 Å². The van der Waals surface area contributed by atoms with Crippen molar-refractivity contribution in [1.29, 1.82) is 0 Å². The van der Waals surface area contributed by atoms with Crippen molar-refractivity contribution < 1.29 is 23.1 Å². The van der Waals surface area contributed by atoms with Crippen molar-refractivity contribution in [2.24, 2.45) is 0 Å². The molecule has 0 radical (unpaired) electrons. The number of sulfonamides is 1. The summed E-state index contributed by atoms with van der Waals surface area (Å²) >= 11 is 0. The second-order valence-corrected chi connectivity index (χ2v) is 11.1. The number of carboxylic acid groups (broad SMARTS) is 1. The summed E-state index contributed by atoms with van der Waals surface area (Å²) in [7, 11) is -3.65. The number of aryl methyl sites for hydroxylation is 1. The highest BCUT2D eigenvalue weighted by Gasteiger charge is 2.14. The molecule has 0 saturated carbocycles. The van der Waals surface area contributed by atoms with Crippen LogP contribution >= 0.6 is 0 Å². The van der Waals surface area contributed by atoms with E-state index in [1.54, 1.807) is 48.5 Å². The molecule has 5 rings (SSSR count). The predicted octanol–water partition coefficient (Wildman–Crippen LogP) is 5.17.